The maximum Gasteiger partial charge on any atom is 0.292 e. The summed E-state index contributed by atoms with van der Waals surface area (Å²) >= 11 is 0. The second-order valence-electron chi connectivity index (χ2n) is 7.77. The van der Waals surface area contributed by atoms with Gasteiger partial charge in [-0.25, -0.2) is 0 Å². The number of nitro groups is 1. The molecular formula is C22H26N4O3. The lowest BCUT2D eigenvalue weighted by atomic mass is 9.91. The maximum absolute atomic E-state index is 12.6. The Morgan fingerprint density at radius 2 is 1.76 bits per heavy atom. The zero-order valence-electron chi connectivity index (χ0n) is 16.7. The largest absolute Gasteiger partial charge is 0.368 e. The minimum absolute atomic E-state index is 0.0550. The number of carbonyl (C=O) groups is 1. The van der Waals surface area contributed by atoms with Crippen molar-refractivity contribution in [1.82, 2.24) is 4.90 Å². The summed E-state index contributed by atoms with van der Waals surface area (Å²) in [6.07, 6.45) is 3.34. The molecule has 2 aliphatic rings. The normalized spacial score (nSPS) is 17.0. The Hall–Kier alpha value is -3.09. The van der Waals surface area contributed by atoms with Crippen LogP contribution >= 0.6 is 0 Å². The molecule has 2 aromatic rings. The lowest BCUT2D eigenvalue weighted by Gasteiger charge is -2.38. The molecule has 1 saturated heterocycles. The van der Waals surface area contributed by atoms with Gasteiger partial charge in [-0.05, 0) is 43.5 Å². The van der Waals surface area contributed by atoms with Crippen molar-refractivity contribution >= 4 is 23.0 Å². The van der Waals surface area contributed by atoms with E-state index in [1.54, 1.807) is 6.07 Å². The molecule has 0 bridgehead atoms. The summed E-state index contributed by atoms with van der Waals surface area (Å²) in [6.45, 7) is 2.70. The number of benzene rings is 2. The van der Waals surface area contributed by atoms with Crippen molar-refractivity contribution in [2.75, 3.05) is 43.0 Å². The minimum atomic E-state index is -0.301. The zero-order valence-corrected chi connectivity index (χ0v) is 16.7. The average molecular weight is 394 g/mol. The van der Waals surface area contributed by atoms with Gasteiger partial charge in [0.1, 0.15) is 5.69 Å². The van der Waals surface area contributed by atoms with Crippen LogP contribution in [0.3, 0.4) is 0 Å². The van der Waals surface area contributed by atoms with Crippen molar-refractivity contribution in [3.05, 3.63) is 64.2 Å². The quantitative estimate of drug-likeness (QED) is 0.573. The topological polar surface area (TPSA) is 69.9 Å². The molecule has 7 nitrogen and oxygen atoms in total. The molecule has 29 heavy (non-hydrogen) atoms. The van der Waals surface area contributed by atoms with Crippen molar-refractivity contribution in [3.8, 4) is 0 Å². The molecule has 4 rings (SSSR count). The minimum Gasteiger partial charge on any atom is -0.368 e. The van der Waals surface area contributed by atoms with Crippen LogP contribution in [0.15, 0.2) is 48.5 Å². The van der Waals surface area contributed by atoms with Gasteiger partial charge in [0, 0.05) is 56.6 Å². The van der Waals surface area contributed by atoms with Crippen LogP contribution in [0.5, 0.6) is 0 Å². The lowest BCUT2D eigenvalue weighted by molar-refractivity contribution is -0.384. The number of amides is 1. The van der Waals surface area contributed by atoms with Gasteiger partial charge in [-0.1, -0.05) is 18.2 Å². The molecule has 0 radical (unpaired) electrons. The average Bonchev–Trinajstić information content (AvgIpc) is 2.72. The molecular weight excluding hydrogens is 368 g/mol. The lowest BCUT2D eigenvalue weighted by Crippen LogP contribution is -2.48. The number of nitrogens with zero attached hydrogens (tertiary/aromatic N) is 4. The van der Waals surface area contributed by atoms with Crippen LogP contribution in [0.1, 0.15) is 29.6 Å². The number of carbonyl (C=O) groups excluding carboxylic acids is 1. The van der Waals surface area contributed by atoms with E-state index in [0.717, 1.165) is 18.5 Å². The highest BCUT2D eigenvalue weighted by atomic mass is 16.6. The molecule has 1 aliphatic heterocycles. The van der Waals surface area contributed by atoms with Gasteiger partial charge in [-0.3, -0.25) is 14.9 Å². The molecule has 0 N–H and O–H groups in total. The van der Waals surface area contributed by atoms with E-state index in [2.05, 4.69) is 9.80 Å². The first-order valence-electron chi connectivity index (χ1n) is 10.1. The highest BCUT2D eigenvalue weighted by molar-refractivity contribution is 5.94. The Labute approximate surface area is 170 Å². The van der Waals surface area contributed by atoms with Crippen LogP contribution < -0.4 is 9.80 Å². The smallest absolute Gasteiger partial charge is 0.292 e. The second-order valence-corrected chi connectivity index (χ2v) is 7.77. The highest BCUT2D eigenvalue weighted by Crippen LogP contribution is 2.37. The van der Waals surface area contributed by atoms with Crippen molar-refractivity contribution in [1.29, 1.82) is 0 Å². The second kappa shape index (κ2) is 8.11. The first kappa shape index (κ1) is 19.2. The van der Waals surface area contributed by atoms with Gasteiger partial charge in [0.25, 0.3) is 11.6 Å². The van der Waals surface area contributed by atoms with E-state index < -0.39 is 0 Å². The van der Waals surface area contributed by atoms with E-state index >= 15 is 0 Å². The molecule has 0 aromatic heterocycles. The van der Waals surface area contributed by atoms with Crippen molar-refractivity contribution in [3.63, 3.8) is 0 Å². The first-order chi connectivity index (χ1) is 14.0. The molecule has 7 heteroatoms. The maximum atomic E-state index is 12.6. The summed E-state index contributed by atoms with van der Waals surface area (Å²) in [5.41, 5.74) is 2.52. The predicted octanol–water partition coefficient (Wildman–Crippen LogP) is 3.55. The molecule has 1 heterocycles. The number of hydrogen-bond donors (Lipinski definition) is 0. The number of hydrogen-bond acceptors (Lipinski definition) is 5. The third kappa shape index (κ3) is 3.90. The van der Waals surface area contributed by atoms with Gasteiger partial charge in [0.05, 0.1) is 4.92 Å². The molecule has 1 amide bonds. The third-order valence-electron chi connectivity index (χ3n) is 6.11. The van der Waals surface area contributed by atoms with E-state index in [4.69, 9.17) is 0 Å². The fourth-order valence-electron chi connectivity index (χ4n) is 4.05. The highest BCUT2D eigenvalue weighted by Gasteiger charge is 2.29. The number of nitro benzene ring substituents is 1. The van der Waals surface area contributed by atoms with E-state index in [-0.39, 0.29) is 16.5 Å². The summed E-state index contributed by atoms with van der Waals surface area (Å²) in [7, 11) is 1.95. The summed E-state index contributed by atoms with van der Waals surface area (Å²) in [5.74, 6) is 0.0550. The van der Waals surface area contributed by atoms with Gasteiger partial charge in [-0.15, -0.1) is 0 Å². The number of piperazine rings is 1. The number of anilines is 2. The van der Waals surface area contributed by atoms with Crippen LogP contribution in [-0.4, -0.2) is 55.0 Å². The molecule has 0 spiro atoms. The first-order valence-corrected chi connectivity index (χ1v) is 10.1. The third-order valence-corrected chi connectivity index (χ3v) is 6.11. The number of rotatable bonds is 5. The van der Waals surface area contributed by atoms with Gasteiger partial charge in [-0.2, -0.15) is 0 Å². The predicted molar refractivity (Wildman–Crippen MR) is 114 cm³/mol. The zero-order chi connectivity index (χ0) is 20.4. The van der Waals surface area contributed by atoms with Crippen LogP contribution in [0.2, 0.25) is 0 Å². The van der Waals surface area contributed by atoms with Crippen LogP contribution in [-0.2, 0) is 0 Å². The Kier molecular flexibility index (Phi) is 5.38. The van der Waals surface area contributed by atoms with E-state index in [0.29, 0.717) is 43.5 Å². The Morgan fingerprint density at radius 1 is 1.07 bits per heavy atom. The van der Waals surface area contributed by atoms with E-state index in [9.17, 15) is 14.9 Å². The molecule has 0 atom stereocenters. The molecule has 1 saturated carbocycles. The van der Waals surface area contributed by atoms with Crippen molar-refractivity contribution < 1.29 is 9.72 Å². The van der Waals surface area contributed by atoms with Crippen molar-refractivity contribution in [2.24, 2.45) is 0 Å². The molecule has 2 aromatic carbocycles. The molecule has 2 fully saturated rings. The molecule has 152 valence electrons. The van der Waals surface area contributed by atoms with Crippen LogP contribution in [0, 0.1) is 10.1 Å². The standard InChI is InChI=1S/C22H26N4O3/c1-23(18-8-5-9-18)21-16-19(10-11-20(21)26(28)29)24-12-14-25(15-13-24)22(27)17-6-3-2-4-7-17/h2-4,6-7,10-11,16,18H,5,8-9,12-15H2,1H3. The fraction of sp³-hybridized carbons (Fsp3) is 0.409. The molecule has 0 unspecified atom stereocenters. The Bertz CT molecular complexity index is 890. The van der Waals surface area contributed by atoms with E-state index in [1.165, 1.54) is 6.42 Å². The van der Waals surface area contributed by atoms with E-state index in [1.807, 2.05) is 54.4 Å². The summed E-state index contributed by atoms with van der Waals surface area (Å²) in [4.78, 5) is 30.0. The van der Waals surface area contributed by atoms with Gasteiger partial charge in [0.2, 0.25) is 0 Å². The summed E-state index contributed by atoms with van der Waals surface area (Å²) < 4.78 is 0. The van der Waals surface area contributed by atoms with Crippen molar-refractivity contribution in [2.45, 2.75) is 25.3 Å². The van der Waals surface area contributed by atoms with Crippen LogP contribution in [0.25, 0.3) is 0 Å². The SMILES string of the molecule is CN(c1cc(N2CCN(C(=O)c3ccccc3)CC2)ccc1[N+](=O)[O-])C1CCC1. The van der Waals surface area contributed by atoms with Crippen LogP contribution in [0.4, 0.5) is 17.1 Å². The fourth-order valence-corrected chi connectivity index (χ4v) is 4.05. The monoisotopic (exact) mass is 394 g/mol. The Balaban J connectivity index is 1.48. The summed E-state index contributed by atoms with van der Waals surface area (Å²) in [6, 6.07) is 15.1. The Morgan fingerprint density at radius 3 is 2.34 bits per heavy atom. The van der Waals surface area contributed by atoms with Gasteiger partial charge in [0.15, 0.2) is 0 Å². The summed E-state index contributed by atoms with van der Waals surface area (Å²) in [5, 5.41) is 11.5. The van der Waals surface area contributed by atoms with Gasteiger partial charge >= 0.3 is 0 Å². The molecule has 1 aliphatic carbocycles. The van der Waals surface area contributed by atoms with Gasteiger partial charge < -0.3 is 14.7 Å².